The molecule has 0 aliphatic rings. The second-order valence-electron chi connectivity index (χ2n) is 6.38. The molecule has 0 aliphatic heterocycles. The van der Waals surface area contributed by atoms with Crippen LogP contribution in [-0.4, -0.2) is 35.1 Å². The van der Waals surface area contributed by atoms with Crippen molar-refractivity contribution in [3.8, 4) is 11.5 Å². The summed E-state index contributed by atoms with van der Waals surface area (Å²) in [6, 6.07) is 12.2. The summed E-state index contributed by atoms with van der Waals surface area (Å²) in [5.41, 5.74) is 2.78. The number of para-hydroxylation sites is 1. The Kier molecular flexibility index (Phi) is 5.49. The maximum Gasteiger partial charge on any atom is 0.331 e. The van der Waals surface area contributed by atoms with Crippen molar-refractivity contribution in [2.45, 2.75) is 20.0 Å². The van der Waals surface area contributed by atoms with Crippen molar-refractivity contribution in [2.75, 3.05) is 7.11 Å². The molecule has 3 aromatic rings. The van der Waals surface area contributed by atoms with Gasteiger partial charge in [0.2, 0.25) is 5.78 Å². The van der Waals surface area contributed by atoms with Gasteiger partial charge in [0.05, 0.1) is 7.11 Å². The summed E-state index contributed by atoms with van der Waals surface area (Å²) >= 11 is 0. The molecule has 0 spiro atoms. The van der Waals surface area contributed by atoms with E-state index in [1.807, 2.05) is 31.2 Å². The SMILES string of the molecule is COc1cc(/C=C/C(=O)O[C@@H](C)C(=O)c2c(C)[nH]c3ccccc23)ccc1O. The molecule has 144 valence electrons. The van der Waals surface area contributed by atoms with Gasteiger partial charge < -0.3 is 19.6 Å². The third-order valence-corrected chi connectivity index (χ3v) is 4.42. The lowest BCUT2D eigenvalue weighted by Gasteiger charge is -2.11. The van der Waals surface area contributed by atoms with Crippen molar-refractivity contribution in [1.82, 2.24) is 4.98 Å². The number of aromatic hydroxyl groups is 1. The van der Waals surface area contributed by atoms with Crippen molar-refractivity contribution < 1.29 is 24.2 Å². The highest BCUT2D eigenvalue weighted by atomic mass is 16.5. The Bertz CT molecular complexity index is 1060. The molecule has 28 heavy (non-hydrogen) atoms. The predicted octanol–water partition coefficient (Wildman–Crippen LogP) is 4.02. The molecule has 0 aliphatic carbocycles. The van der Waals surface area contributed by atoms with E-state index in [1.54, 1.807) is 19.1 Å². The average Bonchev–Trinajstić information content (AvgIpc) is 3.02. The van der Waals surface area contributed by atoms with Gasteiger partial charge >= 0.3 is 5.97 Å². The number of ketones is 1. The van der Waals surface area contributed by atoms with Crippen LogP contribution in [-0.2, 0) is 9.53 Å². The highest BCUT2D eigenvalue weighted by molar-refractivity contribution is 6.11. The second kappa shape index (κ2) is 8.00. The van der Waals surface area contributed by atoms with Crippen LogP contribution < -0.4 is 4.74 Å². The Labute approximate surface area is 162 Å². The van der Waals surface area contributed by atoms with Crippen molar-refractivity contribution in [2.24, 2.45) is 0 Å². The van der Waals surface area contributed by atoms with Crippen LogP contribution in [0.2, 0.25) is 0 Å². The molecule has 0 radical (unpaired) electrons. The lowest BCUT2D eigenvalue weighted by atomic mass is 10.0. The highest BCUT2D eigenvalue weighted by Crippen LogP contribution is 2.27. The molecule has 2 N–H and O–H groups in total. The maximum atomic E-state index is 12.8. The zero-order chi connectivity index (χ0) is 20.3. The van der Waals surface area contributed by atoms with E-state index in [1.165, 1.54) is 25.3 Å². The number of H-pyrrole nitrogens is 1. The van der Waals surface area contributed by atoms with Crippen LogP contribution in [0.1, 0.15) is 28.5 Å². The van der Waals surface area contributed by atoms with Crippen molar-refractivity contribution in [3.63, 3.8) is 0 Å². The van der Waals surface area contributed by atoms with Crippen LogP contribution in [0.25, 0.3) is 17.0 Å². The molecule has 3 rings (SSSR count). The summed E-state index contributed by atoms with van der Waals surface area (Å²) in [7, 11) is 1.44. The molecular weight excluding hydrogens is 358 g/mol. The minimum Gasteiger partial charge on any atom is -0.504 e. The molecule has 0 fully saturated rings. The van der Waals surface area contributed by atoms with E-state index in [-0.39, 0.29) is 11.5 Å². The number of rotatable bonds is 6. The molecule has 1 atom stereocenters. The number of phenols is 1. The van der Waals surface area contributed by atoms with Crippen LogP contribution >= 0.6 is 0 Å². The largest absolute Gasteiger partial charge is 0.504 e. The number of phenolic OH excluding ortho intramolecular Hbond substituents is 1. The fourth-order valence-electron chi connectivity index (χ4n) is 3.03. The molecule has 2 aromatic carbocycles. The third-order valence-electron chi connectivity index (χ3n) is 4.42. The number of methoxy groups -OCH3 is 1. The van der Waals surface area contributed by atoms with E-state index in [9.17, 15) is 14.7 Å². The van der Waals surface area contributed by atoms with Gasteiger partial charge in [0, 0.05) is 28.2 Å². The zero-order valence-corrected chi connectivity index (χ0v) is 15.9. The van der Waals surface area contributed by atoms with Crippen LogP contribution in [0.4, 0.5) is 0 Å². The number of esters is 1. The number of nitrogens with one attached hydrogen (secondary N) is 1. The van der Waals surface area contributed by atoms with Gasteiger partial charge in [0.15, 0.2) is 17.6 Å². The second-order valence-corrected chi connectivity index (χ2v) is 6.38. The van der Waals surface area contributed by atoms with E-state index in [2.05, 4.69) is 4.98 Å². The van der Waals surface area contributed by atoms with E-state index >= 15 is 0 Å². The first-order valence-corrected chi connectivity index (χ1v) is 8.78. The summed E-state index contributed by atoms with van der Waals surface area (Å²) in [6.45, 7) is 3.37. The third kappa shape index (κ3) is 3.91. The van der Waals surface area contributed by atoms with Gasteiger partial charge in [0.25, 0.3) is 0 Å². The van der Waals surface area contributed by atoms with E-state index in [0.717, 1.165) is 16.6 Å². The Hall–Kier alpha value is -3.54. The molecule has 0 saturated heterocycles. The number of hydrogen-bond acceptors (Lipinski definition) is 5. The number of carbonyl (C=O) groups is 2. The van der Waals surface area contributed by atoms with E-state index in [4.69, 9.17) is 9.47 Å². The zero-order valence-electron chi connectivity index (χ0n) is 15.9. The van der Waals surface area contributed by atoms with Crippen molar-refractivity contribution in [3.05, 3.63) is 65.4 Å². The molecule has 0 unspecified atom stereocenters. The number of hydrogen-bond donors (Lipinski definition) is 2. The molecule has 1 aromatic heterocycles. The first kappa shape index (κ1) is 19.2. The quantitative estimate of drug-likeness (QED) is 0.384. The van der Waals surface area contributed by atoms with Crippen LogP contribution in [0, 0.1) is 6.92 Å². The lowest BCUT2D eigenvalue weighted by molar-refractivity contribution is -0.140. The van der Waals surface area contributed by atoms with E-state index in [0.29, 0.717) is 16.9 Å². The van der Waals surface area contributed by atoms with E-state index < -0.39 is 12.1 Å². The molecule has 6 heteroatoms. The van der Waals surface area contributed by atoms with Crippen molar-refractivity contribution >= 4 is 28.7 Å². The molecule has 0 amide bonds. The van der Waals surface area contributed by atoms with Gasteiger partial charge in [0.1, 0.15) is 0 Å². The van der Waals surface area contributed by atoms with Crippen LogP contribution in [0.5, 0.6) is 11.5 Å². The molecular formula is C22H21NO5. The number of ether oxygens (including phenoxy) is 2. The first-order chi connectivity index (χ1) is 13.4. The Morgan fingerprint density at radius 2 is 1.93 bits per heavy atom. The first-order valence-electron chi connectivity index (χ1n) is 8.78. The Morgan fingerprint density at radius 3 is 2.68 bits per heavy atom. The van der Waals surface area contributed by atoms with Gasteiger partial charge in [-0.25, -0.2) is 4.79 Å². The average molecular weight is 379 g/mol. The summed E-state index contributed by atoms with van der Waals surface area (Å²) in [6.07, 6.45) is 1.83. The van der Waals surface area contributed by atoms with Crippen molar-refractivity contribution in [1.29, 1.82) is 0 Å². The smallest absolute Gasteiger partial charge is 0.331 e. The lowest BCUT2D eigenvalue weighted by Crippen LogP contribution is -2.24. The number of aryl methyl sites for hydroxylation is 1. The van der Waals surface area contributed by atoms with Crippen LogP contribution in [0.3, 0.4) is 0 Å². The topological polar surface area (TPSA) is 88.6 Å². The molecule has 6 nitrogen and oxygen atoms in total. The maximum absolute atomic E-state index is 12.8. The Morgan fingerprint density at radius 1 is 1.18 bits per heavy atom. The van der Waals surface area contributed by atoms with Gasteiger partial charge in [-0.3, -0.25) is 4.79 Å². The number of Topliss-reactive ketones (excluding diaryl/α,β-unsaturated/α-hetero) is 1. The Balaban J connectivity index is 1.71. The number of fused-ring (bicyclic) bond motifs is 1. The predicted molar refractivity (Wildman–Crippen MR) is 107 cm³/mol. The highest BCUT2D eigenvalue weighted by Gasteiger charge is 2.23. The van der Waals surface area contributed by atoms with Crippen LogP contribution in [0.15, 0.2) is 48.5 Å². The number of aromatic amines is 1. The fourth-order valence-corrected chi connectivity index (χ4v) is 3.03. The summed E-state index contributed by atoms with van der Waals surface area (Å²) in [5.74, 6) is -0.585. The number of benzene rings is 2. The number of aromatic nitrogens is 1. The summed E-state index contributed by atoms with van der Waals surface area (Å²) in [5, 5.41) is 10.4. The molecule has 1 heterocycles. The molecule has 0 saturated carbocycles. The van der Waals surface area contributed by atoms with Gasteiger partial charge in [-0.1, -0.05) is 24.3 Å². The summed E-state index contributed by atoms with van der Waals surface area (Å²) in [4.78, 5) is 28.1. The monoisotopic (exact) mass is 379 g/mol. The standard InChI is InChI=1S/C22H21NO5/c1-13-21(16-6-4-5-7-17(16)23-13)22(26)14(2)28-20(25)11-9-15-8-10-18(24)19(12-15)27-3/h4-12,14,23-24H,1-3H3/b11-9+/t14-/m0/s1. The minimum atomic E-state index is -0.926. The molecule has 0 bridgehead atoms. The van der Waals surface area contributed by atoms with Gasteiger partial charge in [-0.2, -0.15) is 0 Å². The van der Waals surface area contributed by atoms with Gasteiger partial charge in [-0.15, -0.1) is 0 Å². The summed E-state index contributed by atoms with van der Waals surface area (Å²) < 4.78 is 10.3. The number of carbonyl (C=O) groups excluding carboxylic acids is 2. The fraction of sp³-hybridized carbons (Fsp3) is 0.182. The minimum absolute atomic E-state index is 0.00976. The normalized spacial score (nSPS) is 12.2. The van der Waals surface area contributed by atoms with Gasteiger partial charge in [-0.05, 0) is 43.7 Å².